The molecule has 2 rings (SSSR count). The van der Waals surface area contributed by atoms with Crippen LogP contribution in [-0.4, -0.2) is 21.0 Å². The highest BCUT2D eigenvalue weighted by molar-refractivity contribution is 5.89. The first-order chi connectivity index (χ1) is 7.20. The van der Waals surface area contributed by atoms with Gasteiger partial charge in [-0.1, -0.05) is 5.16 Å². The van der Waals surface area contributed by atoms with Crippen molar-refractivity contribution in [1.82, 2.24) is 15.1 Å². The van der Waals surface area contributed by atoms with Gasteiger partial charge in [0.25, 0.3) is 17.6 Å². The molecule has 2 aromatic rings. The van der Waals surface area contributed by atoms with Crippen molar-refractivity contribution < 1.29 is 9.32 Å². The second-order valence-corrected chi connectivity index (χ2v) is 2.70. The van der Waals surface area contributed by atoms with E-state index in [1.165, 1.54) is 12.3 Å². The van der Waals surface area contributed by atoms with E-state index in [1.54, 1.807) is 0 Å². The maximum Gasteiger partial charge on any atom is 0.290 e. The maximum absolute atomic E-state index is 10.7. The lowest BCUT2D eigenvalue weighted by atomic mass is 10.3. The van der Waals surface area contributed by atoms with Crippen LogP contribution in [0.1, 0.15) is 16.3 Å². The van der Waals surface area contributed by atoms with E-state index in [0.717, 1.165) is 0 Å². The van der Waals surface area contributed by atoms with Crippen molar-refractivity contribution in [2.75, 3.05) is 0 Å². The Morgan fingerprint density at radius 1 is 1.67 bits per heavy atom. The first-order valence-corrected chi connectivity index (χ1v) is 3.93. The van der Waals surface area contributed by atoms with E-state index >= 15 is 0 Å². The molecule has 7 nitrogen and oxygen atoms in total. The fourth-order valence-electron chi connectivity index (χ4n) is 1.02. The molecule has 0 saturated carbocycles. The van der Waals surface area contributed by atoms with Crippen molar-refractivity contribution in [2.24, 2.45) is 5.73 Å². The minimum Gasteiger partial charge on any atom is -0.363 e. The number of nitrogens with one attached hydrogen (secondary N) is 1. The molecule has 0 bridgehead atoms. The molecule has 0 aliphatic heterocycles. The van der Waals surface area contributed by atoms with Crippen LogP contribution in [-0.2, 0) is 0 Å². The number of hydrogen-bond donors (Lipinski definition) is 2. The van der Waals surface area contributed by atoms with Crippen molar-refractivity contribution in [1.29, 1.82) is 5.26 Å². The highest BCUT2D eigenvalue weighted by Crippen LogP contribution is 2.17. The third-order valence-electron chi connectivity index (χ3n) is 1.70. The van der Waals surface area contributed by atoms with Gasteiger partial charge >= 0.3 is 0 Å². The lowest BCUT2D eigenvalue weighted by molar-refractivity contribution is 0.0987. The topological polar surface area (TPSA) is 122 Å². The number of carbonyl (C=O) groups excluding carboxylic acids is 1. The summed E-state index contributed by atoms with van der Waals surface area (Å²) < 4.78 is 4.78. The Labute approximate surface area is 83.5 Å². The van der Waals surface area contributed by atoms with Gasteiger partial charge in [-0.3, -0.25) is 4.79 Å². The molecule has 3 N–H and O–H groups in total. The number of carbonyl (C=O) groups is 1. The molecule has 0 spiro atoms. The molecule has 0 fully saturated rings. The molecule has 74 valence electrons. The van der Waals surface area contributed by atoms with Crippen molar-refractivity contribution >= 4 is 5.91 Å². The molecule has 0 aliphatic rings. The molecule has 0 radical (unpaired) electrons. The van der Waals surface area contributed by atoms with Gasteiger partial charge < -0.3 is 15.2 Å². The molecule has 1 amide bonds. The first kappa shape index (κ1) is 8.96. The number of amides is 1. The minimum absolute atomic E-state index is 0.140. The quantitative estimate of drug-likeness (QED) is 0.713. The van der Waals surface area contributed by atoms with Gasteiger partial charge in [0.2, 0.25) is 0 Å². The van der Waals surface area contributed by atoms with Gasteiger partial charge in [0.1, 0.15) is 11.8 Å². The van der Waals surface area contributed by atoms with Gasteiger partial charge in [0.05, 0.1) is 5.56 Å². The molecule has 2 heterocycles. The third kappa shape index (κ3) is 1.55. The minimum atomic E-state index is -0.763. The van der Waals surface area contributed by atoms with E-state index in [9.17, 15) is 4.79 Å². The number of aromatic nitrogens is 3. The van der Waals surface area contributed by atoms with E-state index < -0.39 is 5.91 Å². The zero-order chi connectivity index (χ0) is 10.8. The van der Waals surface area contributed by atoms with Crippen molar-refractivity contribution in [3.63, 3.8) is 0 Å². The zero-order valence-corrected chi connectivity index (χ0v) is 7.39. The molecular weight excluding hydrogens is 198 g/mol. The van der Waals surface area contributed by atoms with Crippen LogP contribution >= 0.6 is 0 Å². The lowest BCUT2D eigenvalue weighted by Gasteiger charge is -1.82. The highest BCUT2D eigenvalue weighted by atomic mass is 16.5. The van der Waals surface area contributed by atoms with Crippen LogP contribution in [0.4, 0.5) is 0 Å². The highest BCUT2D eigenvalue weighted by Gasteiger charge is 2.13. The normalized spacial score (nSPS) is 9.80. The molecule has 0 aromatic carbocycles. The Balaban J connectivity index is 2.38. The van der Waals surface area contributed by atoms with E-state index in [2.05, 4.69) is 15.1 Å². The summed E-state index contributed by atoms with van der Waals surface area (Å²) in [4.78, 5) is 17.1. The van der Waals surface area contributed by atoms with Gasteiger partial charge in [-0.2, -0.15) is 10.2 Å². The molecule has 0 atom stereocenters. The summed E-state index contributed by atoms with van der Waals surface area (Å²) in [5, 5.41) is 11.9. The number of nitrogens with zero attached hydrogens (tertiary/aromatic N) is 3. The first-order valence-electron chi connectivity index (χ1n) is 3.93. The molecule has 0 aliphatic carbocycles. The summed E-state index contributed by atoms with van der Waals surface area (Å²) >= 11 is 0. The summed E-state index contributed by atoms with van der Waals surface area (Å²) in [7, 11) is 0. The number of aromatic amines is 1. The smallest absolute Gasteiger partial charge is 0.290 e. The SMILES string of the molecule is N#Cc1cc(-c2nc(C(N)=O)no2)c[nH]1. The van der Waals surface area contributed by atoms with Crippen LogP contribution in [0.5, 0.6) is 0 Å². The fraction of sp³-hybridized carbons (Fsp3) is 0. The molecule has 0 saturated heterocycles. The van der Waals surface area contributed by atoms with Crippen LogP contribution in [0.3, 0.4) is 0 Å². The maximum atomic E-state index is 10.7. The van der Waals surface area contributed by atoms with Crippen molar-refractivity contribution in [3.8, 4) is 17.5 Å². The Morgan fingerprint density at radius 2 is 2.47 bits per heavy atom. The average molecular weight is 203 g/mol. The molecule has 7 heteroatoms. The molecule has 15 heavy (non-hydrogen) atoms. The van der Waals surface area contributed by atoms with Crippen LogP contribution in [0.2, 0.25) is 0 Å². The third-order valence-corrected chi connectivity index (χ3v) is 1.70. The summed E-state index contributed by atoms with van der Waals surface area (Å²) in [6.07, 6.45) is 1.52. The van der Waals surface area contributed by atoms with Crippen molar-refractivity contribution in [2.45, 2.75) is 0 Å². The monoisotopic (exact) mass is 203 g/mol. The summed E-state index contributed by atoms with van der Waals surface area (Å²) in [6.45, 7) is 0. The van der Waals surface area contributed by atoms with E-state index in [1.807, 2.05) is 6.07 Å². The Morgan fingerprint density at radius 3 is 3.00 bits per heavy atom. The Kier molecular flexibility index (Phi) is 1.95. The largest absolute Gasteiger partial charge is 0.363 e. The number of nitriles is 1. The van der Waals surface area contributed by atoms with Crippen molar-refractivity contribution in [3.05, 3.63) is 23.8 Å². The molecule has 0 unspecified atom stereocenters. The zero-order valence-electron chi connectivity index (χ0n) is 7.39. The number of H-pyrrole nitrogens is 1. The molecular formula is C8H5N5O2. The predicted octanol–water partition coefficient (Wildman–Crippen LogP) is 0.0353. The fourth-order valence-corrected chi connectivity index (χ4v) is 1.02. The number of nitrogens with two attached hydrogens (primary N) is 1. The van der Waals surface area contributed by atoms with Crippen LogP contribution in [0, 0.1) is 11.3 Å². The predicted molar refractivity (Wildman–Crippen MR) is 47.3 cm³/mol. The van der Waals surface area contributed by atoms with Gasteiger partial charge in [-0.25, -0.2) is 0 Å². The van der Waals surface area contributed by atoms with Crippen LogP contribution in [0.25, 0.3) is 11.5 Å². The van der Waals surface area contributed by atoms with Crippen LogP contribution in [0.15, 0.2) is 16.8 Å². The van der Waals surface area contributed by atoms with Crippen LogP contribution < -0.4 is 5.73 Å². The Bertz CT molecular complexity index is 547. The number of hydrogen-bond acceptors (Lipinski definition) is 5. The standard InChI is InChI=1S/C8H5N5O2/c9-2-5-1-4(3-11-5)8-12-7(6(10)14)13-15-8/h1,3,11H,(H2,10,14). The lowest BCUT2D eigenvalue weighted by Crippen LogP contribution is -2.12. The average Bonchev–Trinajstić information content (AvgIpc) is 2.86. The Hall–Kier alpha value is -2.62. The van der Waals surface area contributed by atoms with Gasteiger partial charge in [0, 0.05) is 6.20 Å². The number of rotatable bonds is 2. The number of primary amides is 1. The van der Waals surface area contributed by atoms with E-state index in [4.69, 9.17) is 15.5 Å². The summed E-state index contributed by atoms with van der Waals surface area (Å²) in [5.74, 6) is -0.813. The summed E-state index contributed by atoms with van der Waals surface area (Å²) in [5.41, 5.74) is 5.85. The van der Waals surface area contributed by atoms with Gasteiger partial charge in [-0.05, 0) is 6.07 Å². The van der Waals surface area contributed by atoms with Gasteiger partial charge in [0.15, 0.2) is 0 Å². The second kappa shape index (κ2) is 3.26. The second-order valence-electron chi connectivity index (χ2n) is 2.70. The van der Waals surface area contributed by atoms with E-state index in [-0.39, 0.29) is 11.7 Å². The van der Waals surface area contributed by atoms with E-state index in [0.29, 0.717) is 11.3 Å². The van der Waals surface area contributed by atoms with Gasteiger partial charge in [-0.15, -0.1) is 0 Å². The summed E-state index contributed by atoms with van der Waals surface area (Å²) in [6, 6.07) is 3.44. The molecule has 2 aromatic heterocycles.